The minimum absolute atomic E-state index is 0.141. The van der Waals surface area contributed by atoms with Crippen LogP contribution in [-0.2, 0) is 0 Å². The Morgan fingerprint density at radius 1 is 1.27 bits per heavy atom. The predicted octanol–water partition coefficient (Wildman–Crippen LogP) is 2.66. The van der Waals surface area contributed by atoms with Gasteiger partial charge in [0.25, 0.3) is 0 Å². The van der Waals surface area contributed by atoms with E-state index in [1.54, 1.807) is 0 Å². The second-order valence-corrected chi connectivity index (χ2v) is 6.12. The van der Waals surface area contributed by atoms with Crippen molar-refractivity contribution in [1.82, 2.24) is 4.90 Å². The van der Waals surface area contributed by atoms with Crippen LogP contribution in [0.2, 0.25) is 0 Å². The van der Waals surface area contributed by atoms with Crippen LogP contribution < -0.4 is 0 Å². The molecule has 15 heavy (non-hydrogen) atoms. The maximum atomic E-state index is 10.00. The van der Waals surface area contributed by atoms with Gasteiger partial charge in [0.05, 0.1) is 6.10 Å². The molecule has 2 heteroatoms. The Morgan fingerprint density at radius 2 is 1.80 bits per heavy atom. The van der Waals surface area contributed by atoms with Gasteiger partial charge in [0.1, 0.15) is 0 Å². The zero-order valence-corrected chi connectivity index (χ0v) is 11.0. The Hall–Kier alpha value is -0.0800. The molecular weight excluding hydrogens is 186 g/mol. The first-order valence-corrected chi connectivity index (χ1v) is 6.26. The summed E-state index contributed by atoms with van der Waals surface area (Å²) in [6, 6.07) is 0. The van der Waals surface area contributed by atoms with E-state index in [2.05, 4.69) is 39.5 Å². The number of rotatable bonds is 2. The van der Waals surface area contributed by atoms with Crippen molar-refractivity contribution in [2.24, 2.45) is 5.41 Å². The van der Waals surface area contributed by atoms with Crippen molar-refractivity contribution in [3.05, 3.63) is 0 Å². The van der Waals surface area contributed by atoms with Crippen molar-refractivity contribution in [2.45, 2.75) is 65.5 Å². The van der Waals surface area contributed by atoms with Crippen LogP contribution >= 0.6 is 0 Å². The largest absolute Gasteiger partial charge is 0.392 e. The van der Waals surface area contributed by atoms with Crippen molar-refractivity contribution in [3.8, 4) is 0 Å². The third kappa shape index (κ3) is 2.94. The number of aliphatic hydroxyl groups is 1. The zero-order chi connectivity index (χ0) is 11.7. The Kier molecular flexibility index (Phi) is 3.83. The molecule has 2 nitrogen and oxygen atoms in total. The van der Waals surface area contributed by atoms with Gasteiger partial charge >= 0.3 is 0 Å². The Balaban J connectivity index is 2.80. The lowest BCUT2D eigenvalue weighted by Crippen LogP contribution is -2.55. The van der Waals surface area contributed by atoms with Crippen LogP contribution in [0.4, 0.5) is 0 Å². The zero-order valence-electron chi connectivity index (χ0n) is 11.0. The molecule has 1 aliphatic rings. The number of hydrogen-bond donors (Lipinski definition) is 1. The Morgan fingerprint density at radius 3 is 2.20 bits per heavy atom. The molecule has 0 aliphatic carbocycles. The van der Waals surface area contributed by atoms with Crippen LogP contribution in [0.1, 0.15) is 53.9 Å². The standard InChI is InChI=1S/C13H27NO/c1-6-13(7-2)8-11(15)9-14(10-13)12(3,4)5/h11,15H,6-10H2,1-5H3. The van der Waals surface area contributed by atoms with E-state index >= 15 is 0 Å². The maximum absolute atomic E-state index is 10.00. The lowest BCUT2D eigenvalue weighted by Gasteiger charge is -2.49. The summed E-state index contributed by atoms with van der Waals surface area (Å²) in [5.41, 5.74) is 0.516. The van der Waals surface area contributed by atoms with Gasteiger partial charge in [0, 0.05) is 18.6 Å². The second kappa shape index (κ2) is 4.42. The molecule has 0 aromatic heterocycles. The molecule has 0 radical (unpaired) electrons. The predicted molar refractivity (Wildman–Crippen MR) is 65.0 cm³/mol. The van der Waals surface area contributed by atoms with Crippen LogP contribution in [0.15, 0.2) is 0 Å². The first kappa shape index (κ1) is 13.0. The molecule has 90 valence electrons. The third-order valence-electron chi connectivity index (χ3n) is 4.07. The van der Waals surface area contributed by atoms with Gasteiger partial charge in [0.2, 0.25) is 0 Å². The summed E-state index contributed by atoms with van der Waals surface area (Å²) >= 11 is 0. The van der Waals surface area contributed by atoms with E-state index in [-0.39, 0.29) is 11.6 Å². The number of nitrogens with zero attached hydrogens (tertiary/aromatic N) is 1. The van der Waals surface area contributed by atoms with Gasteiger partial charge < -0.3 is 5.11 Å². The Labute approximate surface area is 94.7 Å². The monoisotopic (exact) mass is 213 g/mol. The number of piperidine rings is 1. The molecule has 0 aromatic rings. The van der Waals surface area contributed by atoms with E-state index in [1.807, 2.05) is 0 Å². The molecule has 1 saturated heterocycles. The van der Waals surface area contributed by atoms with Gasteiger partial charge in [-0.15, -0.1) is 0 Å². The van der Waals surface area contributed by atoms with Crippen molar-refractivity contribution in [1.29, 1.82) is 0 Å². The second-order valence-electron chi connectivity index (χ2n) is 6.12. The average Bonchev–Trinajstić information content (AvgIpc) is 2.15. The summed E-state index contributed by atoms with van der Waals surface area (Å²) in [5.74, 6) is 0. The molecule has 1 N–H and O–H groups in total. The summed E-state index contributed by atoms with van der Waals surface area (Å²) in [6.45, 7) is 13.2. The van der Waals surface area contributed by atoms with Gasteiger partial charge in [-0.1, -0.05) is 13.8 Å². The van der Waals surface area contributed by atoms with E-state index in [4.69, 9.17) is 0 Å². The van der Waals surface area contributed by atoms with E-state index < -0.39 is 0 Å². The van der Waals surface area contributed by atoms with Gasteiger partial charge in [-0.05, 0) is 45.4 Å². The van der Waals surface area contributed by atoms with Gasteiger partial charge in [-0.3, -0.25) is 4.90 Å². The average molecular weight is 213 g/mol. The molecular formula is C13H27NO. The fourth-order valence-electron chi connectivity index (χ4n) is 2.63. The first-order valence-electron chi connectivity index (χ1n) is 6.26. The molecule has 0 amide bonds. The molecule has 1 unspecified atom stereocenters. The van der Waals surface area contributed by atoms with E-state index in [0.717, 1.165) is 19.5 Å². The highest BCUT2D eigenvalue weighted by molar-refractivity contribution is 4.93. The highest BCUT2D eigenvalue weighted by Crippen LogP contribution is 2.38. The van der Waals surface area contributed by atoms with Gasteiger partial charge in [-0.2, -0.15) is 0 Å². The normalized spacial score (nSPS) is 28.0. The van der Waals surface area contributed by atoms with Crippen molar-refractivity contribution in [2.75, 3.05) is 13.1 Å². The number of aliphatic hydroxyl groups excluding tert-OH is 1. The summed E-state index contributed by atoms with van der Waals surface area (Å²) in [5, 5.41) is 10.00. The topological polar surface area (TPSA) is 23.5 Å². The van der Waals surface area contributed by atoms with Crippen LogP contribution in [0.3, 0.4) is 0 Å². The smallest absolute Gasteiger partial charge is 0.0673 e. The highest BCUT2D eigenvalue weighted by atomic mass is 16.3. The summed E-state index contributed by atoms with van der Waals surface area (Å²) in [7, 11) is 0. The van der Waals surface area contributed by atoms with Crippen LogP contribution in [0.5, 0.6) is 0 Å². The van der Waals surface area contributed by atoms with E-state index in [0.29, 0.717) is 5.41 Å². The quantitative estimate of drug-likeness (QED) is 0.762. The lowest BCUT2D eigenvalue weighted by molar-refractivity contribution is -0.0499. The minimum atomic E-state index is -0.141. The van der Waals surface area contributed by atoms with Gasteiger partial charge in [-0.25, -0.2) is 0 Å². The first-order chi connectivity index (χ1) is 6.83. The number of hydrogen-bond acceptors (Lipinski definition) is 2. The van der Waals surface area contributed by atoms with Crippen LogP contribution in [0.25, 0.3) is 0 Å². The van der Waals surface area contributed by atoms with Gasteiger partial charge in [0.15, 0.2) is 0 Å². The molecule has 0 spiro atoms. The molecule has 0 bridgehead atoms. The SMILES string of the molecule is CCC1(CC)CC(O)CN(C(C)(C)C)C1. The molecule has 1 aliphatic heterocycles. The molecule has 1 heterocycles. The molecule has 1 rings (SSSR count). The van der Waals surface area contributed by atoms with Crippen molar-refractivity contribution in [3.63, 3.8) is 0 Å². The van der Waals surface area contributed by atoms with Crippen molar-refractivity contribution < 1.29 is 5.11 Å². The Bertz CT molecular complexity index is 203. The fraction of sp³-hybridized carbons (Fsp3) is 1.00. The van der Waals surface area contributed by atoms with E-state index in [9.17, 15) is 5.11 Å². The molecule has 0 saturated carbocycles. The maximum Gasteiger partial charge on any atom is 0.0673 e. The summed E-state index contributed by atoms with van der Waals surface area (Å²) in [4.78, 5) is 2.44. The van der Waals surface area contributed by atoms with E-state index in [1.165, 1.54) is 12.8 Å². The lowest BCUT2D eigenvalue weighted by atomic mass is 9.73. The third-order valence-corrected chi connectivity index (χ3v) is 4.07. The summed E-state index contributed by atoms with van der Waals surface area (Å²) in [6.07, 6.45) is 3.19. The fourth-order valence-corrected chi connectivity index (χ4v) is 2.63. The number of β-amino-alcohol motifs (C(OH)–C–C–N with tert-alkyl or cyclic N) is 1. The molecule has 1 atom stereocenters. The van der Waals surface area contributed by atoms with Crippen LogP contribution in [-0.4, -0.2) is 34.7 Å². The van der Waals surface area contributed by atoms with Crippen molar-refractivity contribution >= 4 is 0 Å². The summed E-state index contributed by atoms with van der Waals surface area (Å²) < 4.78 is 0. The molecule has 0 aromatic carbocycles. The number of likely N-dealkylation sites (tertiary alicyclic amines) is 1. The van der Waals surface area contributed by atoms with Crippen LogP contribution in [0, 0.1) is 5.41 Å². The molecule has 1 fully saturated rings. The highest BCUT2D eigenvalue weighted by Gasteiger charge is 2.39. The minimum Gasteiger partial charge on any atom is -0.392 e.